The average molecular weight is 160 g/mol. The van der Waals surface area contributed by atoms with E-state index in [-0.39, 0.29) is 18.2 Å². The van der Waals surface area contributed by atoms with Gasteiger partial charge in [-0.2, -0.15) is 0 Å². The summed E-state index contributed by atoms with van der Waals surface area (Å²) in [6, 6.07) is -0.507. The van der Waals surface area contributed by atoms with Crippen LogP contribution in [0.2, 0.25) is 0 Å². The smallest absolute Gasteiger partial charge is 0.290 e. The third-order valence-corrected chi connectivity index (χ3v) is 0.891. The minimum absolute atomic E-state index is 0. The van der Waals surface area contributed by atoms with Crippen LogP contribution in [0.1, 0.15) is 0 Å². The molecular formula is C5H6ClN3O. The number of amidine groups is 1. The van der Waals surface area contributed by atoms with E-state index in [1.54, 1.807) is 0 Å². The lowest BCUT2D eigenvalue weighted by Gasteiger charge is -2.06. The minimum Gasteiger partial charge on any atom is -0.290 e. The molecule has 1 aliphatic rings. The van der Waals surface area contributed by atoms with Crippen molar-refractivity contribution in [2.45, 2.75) is 0 Å². The van der Waals surface area contributed by atoms with E-state index in [2.05, 4.69) is 16.9 Å². The van der Waals surface area contributed by atoms with Crippen molar-refractivity contribution in [2.24, 2.45) is 4.99 Å². The van der Waals surface area contributed by atoms with Gasteiger partial charge in [0.25, 0.3) is 0 Å². The number of urea groups is 1. The van der Waals surface area contributed by atoms with Crippen molar-refractivity contribution < 1.29 is 4.79 Å². The number of nitrogens with one attached hydrogen (secondary N) is 2. The largest absolute Gasteiger partial charge is 0.346 e. The molecule has 2 amide bonds. The fourth-order valence-corrected chi connectivity index (χ4v) is 0.421. The van der Waals surface area contributed by atoms with Gasteiger partial charge in [0.15, 0.2) is 0 Å². The Morgan fingerprint density at radius 1 is 1.70 bits per heavy atom. The summed E-state index contributed by atoms with van der Waals surface area (Å²) in [5, 5.41) is 9.18. The number of amides is 2. The van der Waals surface area contributed by atoms with Gasteiger partial charge >= 0.3 is 6.03 Å². The first kappa shape index (κ1) is 8.84. The number of nitrogens with zero attached hydrogens (tertiary/aromatic N) is 1. The number of aliphatic imine (C=N–C) groups is 1. The van der Waals surface area contributed by atoms with E-state index >= 15 is 0 Å². The Hall–Kier alpha value is -1.16. The molecule has 0 aromatic heterocycles. The number of hydrogen-bond acceptors (Lipinski definition) is 2. The lowest BCUT2D eigenvalue weighted by atomic mass is 10.3. The van der Waals surface area contributed by atoms with Crippen LogP contribution in [0.15, 0.2) is 17.1 Å². The summed E-state index contributed by atoms with van der Waals surface area (Å²) < 4.78 is 0. The summed E-state index contributed by atoms with van der Waals surface area (Å²) >= 11 is 0. The molecule has 0 radical (unpaired) electrons. The Morgan fingerprint density at radius 2 is 2.30 bits per heavy atom. The molecule has 0 fully saturated rings. The summed E-state index contributed by atoms with van der Waals surface area (Å²) in [7, 11) is 0. The molecule has 1 rings (SSSR count). The molecule has 10 heavy (non-hydrogen) atoms. The lowest BCUT2D eigenvalue weighted by Crippen LogP contribution is -2.32. The molecule has 0 bridgehead atoms. The van der Waals surface area contributed by atoms with Crippen LogP contribution in [0.4, 0.5) is 4.79 Å². The third kappa shape index (κ3) is 1.66. The highest BCUT2D eigenvalue weighted by Crippen LogP contribution is 1.92. The Morgan fingerprint density at radius 3 is 2.70 bits per heavy atom. The summed E-state index contributed by atoms with van der Waals surface area (Å²) in [5.74, 6) is 0.0231. The van der Waals surface area contributed by atoms with Gasteiger partial charge in [0.05, 0.1) is 0 Å². The molecule has 0 aromatic carbocycles. The second-order valence-electron chi connectivity index (χ2n) is 1.59. The van der Waals surface area contributed by atoms with Crippen LogP contribution in [0.5, 0.6) is 0 Å². The van der Waals surface area contributed by atoms with Crippen molar-refractivity contribution in [3.63, 3.8) is 0 Å². The molecule has 0 saturated heterocycles. The van der Waals surface area contributed by atoms with Crippen LogP contribution in [0, 0.1) is 5.41 Å². The van der Waals surface area contributed by atoms with Crippen LogP contribution >= 0.6 is 12.4 Å². The van der Waals surface area contributed by atoms with E-state index in [0.29, 0.717) is 5.57 Å². The molecular weight excluding hydrogens is 154 g/mol. The Kier molecular flexibility index (Phi) is 2.76. The first-order chi connectivity index (χ1) is 4.20. The Balaban J connectivity index is 0.000000810. The maximum absolute atomic E-state index is 10.3. The second kappa shape index (κ2) is 3.12. The molecule has 0 unspecified atom stereocenters. The summed E-state index contributed by atoms with van der Waals surface area (Å²) in [5.41, 5.74) is 0.426. The third-order valence-electron chi connectivity index (χ3n) is 0.891. The number of carbonyl (C=O) groups excluding carboxylic acids is 1. The normalized spacial score (nSPS) is 16.2. The maximum atomic E-state index is 10.3. The number of rotatable bonds is 0. The maximum Gasteiger partial charge on any atom is 0.346 e. The van der Waals surface area contributed by atoms with Crippen molar-refractivity contribution >= 4 is 30.5 Å². The minimum atomic E-state index is -0.507. The molecule has 4 nitrogen and oxygen atoms in total. The van der Waals surface area contributed by atoms with Gasteiger partial charge < -0.3 is 0 Å². The van der Waals surface area contributed by atoms with Crippen LogP contribution in [-0.2, 0) is 0 Å². The van der Waals surface area contributed by atoms with Gasteiger partial charge in [0, 0.05) is 11.8 Å². The molecule has 0 atom stereocenters. The van der Waals surface area contributed by atoms with Gasteiger partial charge in [-0.1, -0.05) is 6.58 Å². The van der Waals surface area contributed by atoms with Gasteiger partial charge in [-0.05, 0) is 0 Å². The van der Waals surface area contributed by atoms with Crippen LogP contribution in [0.25, 0.3) is 0 Å². The summed E-state index contributed by atoms with van der Waals surface area (Å²) in [6.45, 7) is 3.44. The molecule has 54 valence electrons. The summed E-state index contributed by atoms with van der Waals surface area (Å²) in [4.78, 5) is 13.7. The van der Waals surface area contributed by atoms with Gasteiger partial charge in [-0.15, -0.1) is 12.4 Å². The van der Waals surface area contributed by atoms with Gasteiger partial charge in [0.1, 0.15) is 5.84 Å². The van der Waals surface area contributed by atoms with Crippen molar-refractivity contribution in [2.75, 3.05) is 0 Å². The zero-order chi connectivity index (χ0) is 6.85. The predicted octanol–water partition coefficient (Wildman–Crippen LogP) is 0.736. The average Bonchev–Trinajstić information content (AvgIpc) is 1.80. The van der Waals surface area contributed by atoms with E-state index in [1.165, 1.54) is 6.21 Å². The highest BCUT2D eigenvalue weighted by molar-refractivity contribution is 6.22. The first-order valence-corrected chi connectivity index (χ1v) is 2.33. The van der Waals surface area contributed by atoms with Crippen molar-refractivity contribution in [1.29, 1.82) is 5.41 Å². The quantitative estimate of drug-likeness (QED) is 0.538. The zero-order valence-electron chi connectivity index (χ0n) is 5.05. The van der Waals surface area contributed by atoms with Crippen LogP contribution < -0.4 is 5.32 Å². The van der Waals surface area contributed by atoms with Crippen LogP contribution in [0.3, 0.4) is 0 Å². The number of hydrogen-bond donors (Lipinski definition) is 2. The number of halogens is 1. The topological polar surface area (TPSA) is 65.3 Å². The predicted molar refractivity (Wildman–Crippen MR) is 41.1 cm³/mol. The molecule has 0 saturated carbocycles. The fraction of sp³-hybridized carbons (Fsp3) is 0. The lowest BCUT2D eigenvalue weighted by molar-refractivity contribution is 0.253. The summed E-state index contributed by atoms with van der Waals surface area (Å²) in [6.07, 6.45) is 1.27. The van der Waals surface area contributed by atoms with Crippen LogP contribution in [-0.4, -0.2) is 18.1 Å². The molecule has 2 N–H and O–H groups in total. The molecule has 1 heterocycles. The SMILES string of the molecule is C=C1C=NC(=O)NC1=N.Cl. The van der Waals surface area contributed by atoms with E-state index in [4.69, 9.17) is 5.41 Å². The fourth-order valence-electron chi connectivity index (χ4n) is 0.421. The van der Waals surface area contributed by atoms with Gasteiger partial charge in [-0.3, -0.25) is 10.7 Å². The highest BCUT2D eigenvalue weighted by Gasteiger charge is 2.09. The van der Waals surface area contributed by atoms with Crippen molar-refractivity contribution in [3.05, 3.63) is 12.2 Å². The van der Waals surface area contributed by atoms with E-state index in [0.717, 1.165) is 0 Å². The molecule has 0 spiro atoms. The number of carbonyl (C=O) groups is 1. The van der Waals surface area contributed by atoms with Gasteiger partial charge in [0.2, 0.25) is 0 Å². The van der Waals surface area contributed by atoms with Crippen molar-refractivity contribution in [1.82, 2.24) is 5.32 Å². The Bertz CT molecular complexity index is 221. The molecule has 0 aliphatic carbocycles. The van der Waals surface area contributed by atoms with Gasteiger partial charge in [-0.25, -0.2) is 9.79 Å². The Labute approximate surface area is 63.9 Å². The molecule has 0 aromatic rings. The second-order valence-corrected chi connectivity index (χ2v) is 1.59. The highest BCUT2D eigenvalue weighted by atomic mass is 35.5. The van der Waals surface area contributed by atoms with E-state index in [1.807, 2.05) is 0 Å². The monoisotopic (exact) mass is 159 g/mol. The van der Waals surface area contributed by atoms with E-state index < -0.39 is 6.03 Å². The molecule has 1 aliphatic heterocycles. The first-order valence-electron chi connectivity index (χ1n) is 2.33. The van der Waals surface area contributed by atoms with Crippen molar-refractivity contribution in [3.8, 4) is 0 Å². The zero-order valence-corrected chi connectivity index (χ0v) is 5.86. The standard InChI is InChI=1S/C5H5N3O.ClH/c1-3-2-7-5(9)8-4(3)6;/h2H,1H2,(H2,6,8,9);1H. The van der Waals surface area contributed by atoms with E-state index in [9.17, 15) is 4.79 Å². The molecule has 5 heteroatoms.